The molecule has 5 heteroatoms. The van der Waals surface area contributed by atoms with Gasteiger partial charge in [0.15, 0.2) is 5.82 Å². The molecule has 2 unspecified atom stereocenters. The summed E-state index contributed by atoms with van der Waals surface area (Å²) in [5.41, 5.74) is 2.89. The summed E-state index contributed by atoms with van der Waals surface area (Å²) in [6.07, 6.45) is 3.12. The van der Waals surface area contributed by atoms with E-state index in [9.17, 15) is 0 Å². The first kappa shape index (κ1) is 13.2. The molecule has 5 nitrogen and oxygen atoms in total. The summed E-state index contributed by atoms with van der Waals surface area (Å²) >= 11 is 0. The Morgan fingerprint density at radius 1 is 1.35 bits per heavy atom. The normalized spacial score (nSPS) is 21.1. The Balaban J connectivity index is 1.79. The smallest absolute Gasteiger partial charge is 0.175 e. The van der Waals surface area contributed by atoms with Crippen molar-refractivity contribution in [3.05, 3.63) is 41.2 Å². The van der Waals surface area contributed by atoms with Crippen LogP contribution in [0.15, 0.2) is 24.3 Å². The molecule has 0 saturated carbocycles. The number of aromatic nitrogens is 4. The van der Waals surface area contributed by atoms with Crippen LogP contribution < -0.4 is 5.32 Å². The maximum Gasteiger partial charge on any atom is 0.175 e. The minimum Gasteiger partial charge on any atom is -0.310 e. The molecule has 0 bridgehead atoms. The van der Waals surface area contributed by atoms with E-state index in [2.05, 4.69) is 51.9 Å². The second-order valence-corrected chi connectivity index (χ2v) is 5.49. The van der Waals surface area contributed by atoms with Gasteiger partial charge in [-0.2, -0.15) is 4.80 Å². The first-order valence-corrected chi connectivity index (χ1v) is 7.32. The molecule has 0 fully saturated rings. The van der Waals surface area contributed by atoms with E-state index >= 15 is 0 Å². The molecule has 3 rings (SSSR count). The average molecular weight is 271 g/mol. The molecule has 1 aliphatic rings. The van der Waals surface area contributed by atoms with Gasteiger partial charge in [0.05, 0.1) is 7.05 Å². The number of nitrogens with one attached hydrogen (secondary N) is 1. The Morgan fingerprint density at radius 2 is 2.20 bits per heavy atom. The van der Waals surface area contributed by atoms with Gasteiger partial charge >= 0.3 is 0 Å². The molecule has 20 heavy (non-hydrogen) atoms. The number of hydrogen-bond donors (Lipinski definition) is 1. The van der Waals surface area contributed by atoms with Gasteiger partial charge in [0.2, 0.25) is 0 Å². The molecule has 106 valence electrons. The fourth-order valence-corrected chi connectivity index (χ4v) is 3.08. The van der Waals surface area contributed by atoms with Gasteiger partial charge in [-0.15, -0.1) is 10.2 Å². The van der Waals surface area contributed by atoms with E-state index in [0.29, 0.717) is 12.0 Å². The third kappa shape index (κ3) is 2.58. The number of hydrogen-bond acceptors (Lipinski definition) is 4. The molecular weight excluding hydrogens is 250 g/mol. The third-order valence-electron chi connectivity index (χ3n) is 3.95. The summed E-state index contributed by atoms with van der Waals surface area (Å²) in [7, 11) is 1.81. The van der Waals surface area contributed by atoms with Gasteiger partial charge in [-0.25, -0.2) is 0 Å². The van der Waals surface area contributed by atoms with Crippen molar-refractivity contribution in [2.45, 2.75) is 32.2 Å². The first-order chi connectivity index (χ1) is 9.78. The first-order valence-electron chi connectivity index (χ1n) is 7.32. The van der Waals surface area contributed by atoms with E-state index in [1.54, 1.807) is 0 Å². The van der Waals surface area contributed by atoms with Crippen LogP contribution in [0.2, 0.25) is 0 Å². The number of fused-ring (bicyclic) bond motifs is 1. The highest BCUT2D eigenvalue weighted by molar-refractivity contribution is 5.36. The van der Waals surface area contributed by atoms with Crippen molar-refractivity contribution in [1.29, 1.82) is 0 Å². The summed E-state index contributed by atoms with van der Waals surface area (Å²) in [4.78, 5) is 1.53. The van der Waals surface area contributed by atoms with Crippen LogP contribution >= 0.6 is 0 Å². The predicted molar refractivity (Wildman–Crippen MR) is 77.2 cm³/mol. The van der Waals surface area contributed by atoms with Crippen LogP contribution in [0.4, 0.5) is 0 Å². The van der Waals surface area contributed by atoms with Crippen LogP contribution in [0.1, 0.15) is 36.3 Å². The van der Waals surface area contributed by atoms with Crippen molar-refractivity contribution < 1.29 is 0 Å². The zero-order valence-corrected chi connectivity index (χ0v) is 12.1. The lowest BCUT2D eigenvalue weighted by Gasteiger charge is -2.20. The molecule has 0 saturated heterocycles. The molecule has 0 spiro atoms. The lowest BCUT2D eigenvalue weighted by molar-refractivity contribution is 0.380. The van der Waals surface area contributed by atoms with E-state index in [4.69, 9.17) is 0 Å². The summed E-state index contributed by atoms with van der Waals surface area (Å²) in [6, 6.07) is 9.14. The molecule has 2 atom stereocenters. The minimum atomic E-state index is 0.412. The number of rotatable bonds is 5. The molecule has 1 aromatic carbocycles. The van der Waals surface area contributed by atoms with E-state index in [1.807, 2.05) is 7.05 Å². The topological polar surface area (TPSA) is 55.6 Å². The summed E-state index contributed by atoms with van der Waals surface area (Å²) in [5, 5.41) is 16.1. The lowest BCUT2D eigenvalue weighted by atomic mass is 9.96. The number of benzene rings is 1. The minimum absolute atomic E-state index is 0.412. The van der Waals surface area contributed by atoms with Crippen LogP contribution in [0.5, 0.6) is 0 Å². The monoisotopic (exact) mass is 271 g/mol. The van der Waals surface area contributed by atoms with Gasteiger partial charge in [0, 0.05) is 12.5 Å². The summed E-state index contributed by atoms with van der Waals surface area (Å²) in [5.74, 6) is 1.36. The van der Waals surface area contributed by atoms with E-state index in [-0.39, 0.29) is 0 Å². The zero-order valence-electron chi connectivity index (χ0n) is 12.1. The molecule has 1 aromatic heterocycles. The number of nitrogens with zero attached hydrogens (tertiary/aromatic N) is 4. The van der Waals surface area contributed by atoms with Gasteiger partial charge in [-0.1, -0.05) is 31.2 Å². The van der Waals surface area contributed by atoms with Crippen LogP contribution in [-0.4, -0.2) is 26.8 Å². The largest absolute Gasteiger partial charge is 0.310 e. The Kier molecular flexibility index (Phi) is 3.78. The quantitative estimate of drug-likeness (QED) is 0.898. The molecule has 1 heterocycles. The molecule has 0 amide bonds. The van der Waals surface area contributed by atoms with Crippen LogP contribution in [0, 0.1) is 5.92 Å². The van der Waals surface area contributed by atoms with Crippen molar-refractivity contribution in [2.24, 2.45) is 13.0 Å². The molecular formula is C15H21N5. The molecule has 1 N–H and O–H groups in total. The van der Waals surface area contributed by atoms with Crippen molar-refractivity contribution in [1.82, 2.24) is 25.5 Å². The van der Waals surface area contributed by atoms with Gasteiger partial charge in [-0.3, -0.25) is 0 Å². The highest BCUT2D eigenvalue weighted by atomic mass is 15.6. The second-order valence-electron chi connectivity index (χ2n) is 5.49. The maximum atomic E-state index is 4.32. The van der Waals surface area contributed by atoms with Crippen molar-refractivity contribution in [3.8, 4) is 0 Å². The molecule has 0 aliphatic heterocycles. The fourth-order valence-electron chi connectivity index (χ4n) is 3.08. The Hall–Kier alpha value is -1.75. The van der Waals surface area contributed by atoms with Crippen LogP contribution in [-0.2, 0) is 19.9 Å². The van der Waals surface area contributed by atoms with Gasteiger partial charge in [0.1, 0.15) is 0 Å². The maximum absolute atomic E-state index is 4.32. The Labute approximate surface area is 119 Å². The summed E-state index contributed by atoms with van der Waals surface area (Å²) < 4.78 is 0. The lowest BCUT2D eigenvalue weighted by Crippen LogP contribution is -2.27. The van der Waals surface area contributed by atoms with E-state index < -0.39 is 0 Å². The van der Waals surface area contributed by atoms with Gasteiger partial charge in [-0.05, 0) is 41.6 Å². The number of tetrazole rings is 1. The van der Waals surface area contributed by atoms with E-state index in [1.165, 1.54) is 15.9 Å². The molecule has 0 radical (unpaired) electrons. The standard InChI is InChI=1S/C15H21N5/c1-3-8-16-15-12(10-14-17-19-20(2)18-14)9-11-6-4-5-7-13(11)15/h4-7,12,15-16H,3,8-10H2,1-2H3. The molecule has 2 aromatic rings. The van der Waals surface area contributed by atoms with Gasteiger partial charge < -0.3 is 5.32 Å². The highest BCUT2D eigenvalue weighted by Crippen LogP contribution is 2.37. The van der Waals surface area contributed by atoms with Crippen molar-refractivity contribution in [2.75, 3.05) is 6.54 Å². The van der Waals surface area contributed by atoms with Crippen molar-refractivity contribution >= 4 is 0 Å². The fraction of sp³-hybridized carbons (Fsp3) is 0.533. The van der Waals surface area contributed by atoms with Crippen LogP contribution in [0.25, 0.3) is 0 Å². The van der Waals surface area contributed by atoms with E-state index in [0.717, 1.165) is 31.6 Å². The highest BCUT2D eigenvalue weighted by Gasteiger charge is 2.32. The Bertz CT molecular complexity index is 577. The average Bonchev–Trinajstić information content (AvgIpc) is 3.00. The SMILES string of the molecule is CCCNC1c2ccccc2CC1Cc1nnn(C)n1. The zero-order chi connectivity index (χ0) is 13.9. The van der Waals surface area contributed by atoms with Gasteiger partial charge in [0.25, 0.3) is 0 Å². The number of aryl methyl sites for hydroxylation is 1. The van der Waals surface area contributed by atoms with Crippen LogP contribution in [0.3, 0.4) is 0 Å². The predicted octanol–water partition coefficient (Wildman–Crippen LogP) is 1.67. The Morgan fingerprint density at radius 3 is 2.95 bits per heavy atom. The molecule has 1 aliphatic carbocycles. The summed E-state index contributed by atoms with van der Waals surface area (Å²) in [6.45, 7) is 3.25. The van der Waals surface area contributed by atoms with Crippen molar-refractivity contribution in [3.63, 3.8) is 0 Å². The third-order valence-corrected chi connectivity index (χ3v) is 3.95. The second kappa shape index (κ2) is 5.71.